The SMILES string of the molecule is NS(=O)(=O)c1ccccc1NC(=O)CC(F)(F)F. The molecule has 3 N–H and O–H groups in total. The summed E-state index contributed by atoms with van der Waals surface area (Å²) in [6.07, 6.45) is -6.37. The van der Waals surface area contributed by atoms with Crippen molar-refractivity contribution in [2.24, 2.45) is 5.14 Å². The molecular weight excluding hydrogens is 273 g/mol. The van der Waals surface area contributed by atoms with Gasteiger partial charge >= 0.3 is 6.18 Å². The lowest BCUT2D eigenvalue weighted by molar-refractivity contribution is -0.150. The van der Waals surface area contributed by atoms with E-state index in [4.69, 9.17) is 5.14 Å². The maximum absolute atomic E-state index is 11.9. The fraction of sp³-hybridized carbons (Fsp3) is 0.222. The monoisotopic (exact) mass is 282 g/mol. The molecule has 18 heavy (non-hydrogen) atoms. The van der Waals surface area contributed by atoms with Gasteiger partial charge in [-0.3, -0.25) is 4.79 Å². The maximum Gasteiger partial charge on any atom is 0.397 e. The number of anilines is 1. The van der Waals surface area contributed by atoms with Crippen LogP contribution in [0.15, 0.2) is 29.2 Å². The van der Waals surface area contributed by atoms with Gasteiger partial charge in [-0.2, -0.15) is 13.2 Å². The van der Waals surface area contributed by atoms with Crippen molar-refractivity contribution in [3.8, 4) is 0 Å². The van der Waals surface area contributed by atoms with Crippen LogP contribution in [-0.2, 0) is 14.8 Å². The van der Waals surface area contributed by atoms with Crippen LogP contribution < -0.4 is 10.5 Å². The van der Waals surface area contributed by atoms with Gasteiger partial charge < -0.3 is 5.32 Å². The summed E-state index contributed by atoms with van der Waals surface area (Å²) in [5.74, 6) is -1.36. The van der Waals surface area contributed by atoms with Crippen molar-refractivity contribution in [2.45, 2.75) is 17.5 Å². The zero-order valence-electron chi connectivity index (χ0n) is 8.86. The van der Waals surface area contributed by atoms with Crippen LogP contribution in [0.3, 0.4) is 0 Å². The highest BCUT2D eigenvalue weighted by Gasteiger charge is 2.31. The number of halogens is 3. The van der Waals surface area contributed by atoms with Gasteiger partial charge in [0, 0.05) is 0 Å². The summed E-state index contributed by atoms with van der Waals surface area (Å²) in [5.41, 5.74) is -0.283. The molecule has 0 atom stereocenters. The number of carbonyl (C=O) groups is 1. The lowest BCUT2D eigenvalue weighted by Crippen LogP contribution is -2.23. The quantitative estimate of drug-likeness (QED) is 0.873. The molecule has 0 aliphatic rings. The molecule has 1 amide bonds. The number of carbonyl (C=O) groups excluding carboxylic acids is 1. The number of nitrogens with two attached hydrogens (primary N) is 1. The summed E-state index contributed by atoms with van der Waals surface area (Å²) < 4.78 is 58.1. The molecule has 0 fully saturated rings. The first-order valence-electron chi connectivity index (χ1n) is 4.58. The number of nitrogens with one attached hydrogen (secondary N) is 1. The number of hydrogen-bond acceptors (Lipinski definition) is 3. The minimum atomic E-state index is -4.67. The van der Waals surface area contributed by atoms with Crippen LogP contribution in [-0.4, -0.2) is 20.5 Å². The average Bonchev–Trinajstić information content (AvgIpc) is 2.13. The van der Waals surface area contributed by atoms with E-state index in [1.54, 1.807) is 0 Å². The molecule has 1 rings (SSSR count). The molecule has 0 bridgehead atoms. The summed E-state index contributed by atoms with van der Waals surface area (Å²) in [6.45, 7) is 0. The summed E-state index contributed by atoms with van der Waals surface area (Å²) in [6, 6.07) is 4.92. The second-order valence-electron chi connectivity index (χ2n) is 3.38. The Morgan fingerprint density at radius 1 is 1.28 bits per heavy atom. The van der Waals surface area contributed by atoms with Crippen molar-refractivity contribution < 1.29 is 26.4 Å². The Morgan fingerprint density at radius 3 is 2.33 bits per heavy atom. The number of benzene rings is 1. The molecule has 9 heteroatoms. The molecule has 0 saturated carbocycles. The molecule has 0 aromatic heterocycles. The van der Waals surface area contributed by atoms with Crippen LogP contribution in [0, 0.1) is 0 Å². The number of sulfonamides is 1. The summed E-state index contributed by atoms with van der Waals surface area (Å²) in [5, 5.41) is 6.71. The second-order valence-corrected chi connectivity index (χ2v) is 4.91. The normalized spacial score (nSPS) is 12.2. The van der Waals surface area contributed by atoms with Crippen molar-refractivity contribution in [1.82, 2.24) is 0 Å². The highest BCUT2D eigenvalue weighted by Crippen LogP contribution is 2.23. The zero-order chi connectivity index (χ0) is 14.0. The highest BCUT2D eigenvalue weighted by atomic mass is 32.2. The minimum Gasteiger partial charge on any atom is -0.325 e. The standard InChI is InChI=1S/C9H9F3N2O3S/c10-9(11,12)5-8(15)14-6-3-1-2-4-7(6)18(13,16)17/h1-4H,5H2,(H,14,15)(H2,13,16,17). The molecule has 0 radical (unpaired) electrons. The molecule has 100 valence electrons. The van der Waals surface area contributed by atoms with Gasteiger partial charge in [-0.05, 0) is 12.1 Å². The Labute approximate surface area is 101 Å². The van der Waals surface area contributed by atoms with Gasteiger partial charge in [-0.25, -0.2) is 13.6 Å². The molecule has 0 spiro atoms. The second kappa shape index (κ2) is 4.94. The van der Waals surface area contributed by atoms with Crippen molar-refractivity contribution >= 4 is 21.6 Å². The number of primary sulfonamides is 1. The third-order valence-corrected chi connectivity index (χ3v) is 2.80. The van der Waals surface area contributed by atoms with E-state index in [0.717, 1.165) is 12.1 Å². The van der Waals surface area contributed by atoms with E-state index in [9.17, 15) is 26.4 Å². The van der Waals surface area contributed by atoms with Crippen molar-refractivity contribution in [3.05, 3.63) is 24.3 Å². The van der Waals surface area contributed by atoms with Crippen LogP contribution in [0.5, 0.6) is 0 Å². The smallest absolute Gasteiger partial charge is 0.325 e. The third kappa shape index (κ3) is 4.34. The van der Waals surface area contributed by atoms with Crippen molar-refractivity contribution in [1.29, 1.82) is 0 Å². The maximum atomic E-state index is 11.9. The highest BCUT2D eigenvalue weighted by molar-refractivity contribution is 7.89. The first kappa shape index (κ1) is 14.5. The molecule has 0 saturated heterocycles. The van der Waals surface area contributed by atoms with E-state index in [2.05, 4.69) is 0 Å². The largest absolute Gasteiger partial charge is 0.397 e. The minimum absolute atomic E-state index is 0.283. The van der Waals surface area contributed by atoms with Crippen LogP contribution >= 0.6 is 0 Å². The van der Waals surface area contributed by atoms with E-state index in [1.165, 1.54) is 12.1 Å². The van der Waals surface area contributed by atoms with E-state index in [0.29, 0.717) is 0 Å². The molecule has 0 heterocycles. The zero-order valence-corrected chi connectivity index (χ0v) is 9.68. The van der Waals surface area contributed by atoms with Gasteiger partial charge in [-0.15, -0.1) is 0 Å². The van der Waals surface area contributed by atoms with Gasteiger partial charge in [0.25, 0.3) is 0 Å². The lowest BCUT2D eigenvalue weighted by Gasteiger charge is -2.10. The number of rotatable bonds is 3. The molecule has 0 aliphatic heterocycles. The van der Waals surface area contributed by atoms with Gasteiger partial charge in [0.1, 0.15) is 11.3 Å². The molecule has 1 aromatic carbocycles. The molecular formula is C9H9F3N2O3S. The molecule has 1 aromatic rings. The predicted octanol–water partition coefficient (Wildman–Crippen LogP) is 1.22. The fourth-order valence-electron chi connectivity index (χ4n) is 1.19. The van der Waals surface area contributed by atoms with E-state index < -0.39 is 33.4 Å². The Kier molecular flexibility index (Phi) is 3.97. The third-order valence-electron chi connectivity index (χ3n) is 1.83. The Morgan fingerprint density at radius 2 is 1.83 bits per heavy atom. The number of para-hydroxylation sites is 1. The van der Waals surface area contributed by atoms with Crippen LogP contribution in [0.2, 0.25) is 0 Å². The van der Waals surface area contributed by atoms with Crippen LogP contribution in [0.25, 0.3) is 0 Å². The van der Waals surface area contributed by atoms with Crippen LogP contribution in [0.1, 0.15) is 6.42 Å². The van der Waals surface area contributed by atoms with Crippen molar-refractivity contribution in [3.63, 3.8) is 0 Å². The van der Waals surface area contributed by atoms with E-state index in [1.807, 2.05) is 5.32 Å². The first-order valence-corrected chi connectivity index (χ1v) is 6.13. The predicted molar refractivity (Wildman–Crippen MR) is 57.1 cm³/mol. The Hall–Kier alpha value is -1.61. The first-order chi connectivity index (χ1) is 8.09. The molecule has 0 unspecified atom stereocenters. The summed E-state index contributed by atoms with van der Waals surface area (Å²) >= 11 is 0. The molecule has 0 aliphatic carbocycles. The molecule has 5 nitrogen and oxygen atoms in total. The Balaban J connectivity index is 2.96. The number of hydrogen-bond donors (Lipinski definition) is 2. The lowest BCUT2D eigenvalue weighted by atomic mass is 10.3. The fourth-order valence-corrected chi connectivity index (χ4v) is 1.89. The summed E-state index contributed by atoms with van der Waals surface area (Å²) in [7, 11) is -4.12. The van der Waals surface area contributed by atoms with E-state index in [-0.39, 0.29) is 5.69 Å². The van der Waals surface area contributed by atoms with Gasteiger partial charge in [0.2, 0.25) is 15.9 Å². The van der Waals surface area contributed by atoms with Crippen molar-refractivity contribution in [2.75, 3.05) is 5.32 Å². The summed E-state index contributed by atoms with van der Waals surface area (Å²) in [4.78, 5) is 10.6. The van der Waals surface area contributed by atoms with Gasteiger partial charge in [0.05, 0.1) is 5.69 Å². The van der Waals surface area contributed by atoms with Crippen LogP contribution in [0.4, 0.5) is 18.9 Å². The number of alkyl halides is 3. The van der Waals surface area contributed by atoms with Gasteiger partial charge in [-0.1, -0.05) is 12.1 Å². The Bertz CT molecular complexity index is 554. The number of amides is 1. The average molecular weight is 282 g/mol. The van der Waals surface area contributed by atoms with E-state index >= 15 is 0 Å². The van der Waals surface area contributed by atoms with Gasteiger partial charge in [0.15, 0.2) is 0 Å². The topological polar surface area (TPSA) is 89.3 Å².